The predicted octanol–water partition coefficient (Wildman–Crippen LogP) is 4.95. The number of nitro benzene ring substituents is 1. The first-order chi connectivity index (χ1) is 18.9. The fourth-order valence-electron chi connectivity index (χ4n) is 4.38. The highest BCUT2D eigenvalue weighted by Crippen LogP contribution is 2.42. The van der Waals surface area contributed by atoms with Crippen molar-refractivity contribution in [2.45, 2.75) is 30.2 Å². The van der Waals surface area contributed by atoms with Gasteiger partial charge in [-0.3, -0.25) is 14.9 Å². The van der Waals surface area contributed by atoms with Gasteiger partial charge in [-0.1, -0.05) is 78.9 Å². The Morgan fingerprint density at radius 1 is 1.00 bits per heavy atom. The van der Waals surface area contributed by atoms with Crippen molar-refractivity contribution in [1.82, 2.24) is 5.32 Å². The molecule has 8 nitrogen and oxygen atoms in total. The Labute approximate surface area is 226 Å². The zero-order valence-electron chi connectivity index (χ0n) is 20.7. The molecule has 1 aliphatic carbocycles. The number of amides is 1. The van der Waals surface area contributed by atoms with Crippen LogP contribution in [0.5, 0.6) is 0 Å². The first-order valence-electron chi connectivity index (χ1n) is 12.0. The molecule has 11 heteroatoms. The molecule has 1 aliphatic rings. The molecule has 0 fully saturated rings. The number of hydrogen-bond donors (Lipinski definition) is 3. The number of carboxylic acid groups (broad SMARTS) is 1. The third kappa shape index (κ3) is 5.94. The zero-order valence-corrected chi connectivity index (χ0v) is 20.7. The first kappa shape index (κ1) is 28.2. The number of halogens is 3. The number of allylic oxidation sites excluding steroid dienone is 2. The summed E-state index contributed by atoms with van der Waals surface area (Å²) >= 11 is 0. The van der Waals surface area contributed by atoms with Crippen molar-refractivity contribution >= 4 is 17.6 Å². The Morgan fingerprint density at radius 3 is 2.27 bits per heavy atom. The predicted molar refractivity (Wildman–Crippen MR) is 139 cm³/mol. The number of alkyl halides is 3. The van der Waals surface area contributed by atoms with Gasteiger partial charge in [0.25, 0.3) is 11.6 Å². The Bertz CT molecular complexity index is 1490. The second-order valence-corrected chi connectivity index (χ2v) is 9.21. The maximum atomic E-state index is 13.9. The van der Waals surface area contributed by atoms with E-state index in [2.05, 4.69) is 5.32 Å². The average molecular weight is 553 g/mol. The van der Waals surface area contributed by atoms with Crippen molar-refractivity contribution in [3.8, 4) is 11.1 Å². The molecule has 3 N–H and O–H groups in total. The van der Waals surface area contributed by atoms with E-state index in [0.29, 0.717) is 28.3 Å². The lowest BCUT2D eigenvalue weighted by Gasteiger charge is -2.33. The van der Waals surface area contributed by atoms with E-state index in [9.17, 15) is 43.1 Å². The summed E-state index contributed by atoms with van der Waals surface area (Å²) in [5, 5.41) is 33.4. The van der Waals surface area contributed by atoms with Gasteiger partial charge >= 0.3 is 12.1 Å². The van der Waals surface area contributed by atoms with E-state index in [1.54, 1.807) is 60.7 Å². The summed E-state index contributed by atoms with van der Waals surface area (Å²) in [4.78, 5) is 35.5. The molecule has 0 bridgehead atoms. The lowest BCUT2D eigenvalue weighted by atomic mass is 9.81. The largest absolute Gasteiger partial charge is 0.480 e. The molecule has 3 aromatic rings. The summed E-state index contributed by atoms with van der Waals surface area (Å²) in [7, 11) is 0. The number of non-ortho nitro benzene ring substituents is 1. The quantitative estimate of drug-likeness (QED) is 0.206. The minimum absolute atomic E-state index is 0.101. The van der Waals surface area contributed by atoms with Crippen LogP contribution in [0, 0.1) is 10.1 Å². The summed E-state index contributed by atoms with van der Waals surface area (Å²) in [6.45, 7) is 0. The number of carbonyl (C=O) groups excluding carboxylic acids is 1. The van der Waals surface area contributed by atoms with Crippen LogP contribution in [0.25, 0.3) is 11.1 Å². The van der Waals surface area contributed by atoms with E-state index < -0.39 is 46.1 Å². The van der Waals surface area contributed by atoms with Gasteiger partial charge in [-0.2, -0.15) is 13.2 Å². The Balaban J connectivity index is 1.56. The van der Waals surface area contributed by atoms with E-state index in [1.165, 1.54) is 18.2 Å². The van der Waals surface area contributed by atoms with Crippen LogP contribution in [0.4, 0.5) is 18.9 Å². The minimum atomic E-state index is -5.24. The van der Waals surface area contributed by atoms with Gasteiger partial charge in [0.1, 0.15) is 6.04 Å². The standard InChI is InChI=1S/C29H23F3N2O6/c30-29(31,32)28(38)14-13-22(19-5-2-1-3-6-19)17-24(28)26(35)33-25(27(36)37)15-18-9-11-20(12-10-18)21-7-4-8-23(16-21)34(39)40/h1-14,16-17,22,25,38H,15H2,(H,33,35)(H,36,37)/t22?,25-,28?/m0/s1. The van der Waals surface area contributed by atoms with Crippen molar-refractivity contribution in [1.29, 1.82) is 0 Å². The summed E-state index contributed by atoms with van der Waals surface area (Å²) < 4.78 is 41.6. The maximum absolute atomic E-state index is 13.9. The highest BCUT2D eigenvalue weighted by atomic mass is 19.4. The molecule has 0 saturated carbocycles. The van der Waals surface area contributed by atoms with Crippen LogP contribution in [0.3, 0.4) is 0 Å². The monoisotopic (exact) mass is 552 g/mol. The second kappa shape index (κ2) is 11.1. The van der Waals surface area contributed by atoms with E-state index in [-0.39, 0.29) is 12.1 Å². The normalized spacial score (nSPS) is 19.4. The van der Waals surface area contributed by atoms with E-state index >= 15 is 0 Å². The van der Waals surface area contributed by atoms with Crippen molar-refractivity contribution in [2.75, 3.05) is 0 Å². The maximum Gasteiger partial charge on any atom is 0.425 e. The highest BCUT2D eigenvalue weighted by Gasteiger charge is 2.57. The third-order valence-electron chi connectivity index (χ3n) is 6.55. The number of aliphatic hydroxyl groups is 1. The van der Waals surface area contributed by atoms with Gasteiger partial charge in [-0.15, -0.1) is 0 Å². The van der Waals surface area contributed by atoms with Crippen molar-refractivity contribution in [2.24, 2.45) is 0 Å². The molecule has 0 spiro atoms. The molecule has 1 amide bonds. The molecule has 0 saturated heterocycles. The molecule has 206 valence electrons. The van der Waals surface area contributed by atoms with Crippen molar-refractivity contribution in [3.05, 3.63) is 124 Å². The summed E-state index contributed by atoms with van der Waals surface area (Å²) in [5.41, 5.74) is -2.55. The van der Waals surface area contributed by atoms with Crippen LogP contribution in [-0.4, -0.2) is 44.8 Å². The van der Waals surface area contributed by atoms with Crippen molar-refractivity contribution in [3.63, 3.8) is 0 Å². The molecular weight excluding hydrogens is 529 g/mol. The van der Waals surface area contributed by atoms with Gasteiger partial charge in [-0.25, -0.2) is 4.79 Å². The number of carbonyl (C=O) groups is 2. The van der Waals surface area contributed by atoms with Crippen LogP contribution in [0.1, 0.15) is 17.0 Å². The summed E-state index contributed by atoms with van der Waals surface area (Å²) in [6.07, 6.45) is -2.90. The number of hydrogen-bond acceptors (Lipinski definition) is 5. The number of nitro groups is 1. The molecule has 0 aromatic heterocycles. The van der Waals surface area contributed by atoms with Crippen LogP contribution in [0.15, 0.2) is 103 Å². The number of carboxylic acids is 1. The van der Waals surface area contributed by atoms with Crippen LogP contribution in [-0.2, 0) is 16.0 Å². The summed E-state index contributed by atoms with van der Waals surface area (Å²) in [5.74, 6) is -3.61. The van der Waals surface area contributed by atoms with Gasteiger partial charge < -0.3 is 15.5 Å². The lowest BCUT2D eigenvalue weighted by Crippen LogP contribution is -2.53. The summed E-state index contributed by atoms with van der Waals surface area (Å²) in [6, 6.07) is 19.0. The van der Waals surface area contributed by atoms with E-state index in [1.807, 2.05) is 0 Å². The smallest absolute Gasteiger partial charge is 0.425 e. The minimum Gasteiger partial charge on any atom is -0.480 e. The lowest BCUT2D eigenvalue weighted by molar-refractivity contribution is -0.384. The number of rotatable bonds is 8. The van der Waals surface area contributed by atoms with Gasteiger partial charge in [0, 0.05) is 24.5 Å². The van der Waals surface area contributed by atoms with Crippen LogP contribution < -0.4 is 5.32 Å². The molecular formula is C29H23F3N2O6. The number of nitrogens with one attached hydrogen (secondary N) is 1. The fourth-order valence-corrected chi connectivity index (χ4v) is 4.38. The molecule has 4 rings (SSSR count). The second-order valence-electron chi connectivity index (χ2n) is 9.21. The van der Waals surface area contributed by atoms with Gasteiger partial charge in [-0.05, 0) is 28.3 Å². The average Bonchev–Trinajstić information content (AvgIpc) is 2.93. The molecule has 0 radical (unpaired) electrons. The van der Waals surface area contributed by atoms with Gasteiger partial charge in [0.05, 0.1) is 10.5 Å². The number of nitrogens with zero attached hydrogens (tertiary/aromatic N) is 1. The zero-order chi connectivity index (χ0) is 29.1. The molecule has 0 aliphatic heterocycles. The molecule has 40 heavy (non-hydrogen) atoms. The number of aliphatic carboxylic acids is 1. The fraction of sp³-hybridized carbons (Fsp3) is 0.172. The third-order valence-corrected chi connectivity index (χ3v) is 6.55. The Morgan fingerprint density at radius 2 is 1.68 bits per heavy atom. The molecule has 3 aromatic carbocycles. The molecule has 0 heterocycles. The Hall–Kier alpha value is -4.77. The van der Waals surface area contributed by atoms with Gasteiger partial charge in [0.15, 0.2) is 0 Å². The van der Waals surface area contributed by atoms with E-state index in [4.69, 9.17) is 0 Å². The van der Waals surface area contributed by atoms with Crippen LogP contribution >= 0.6 is 0 Å². The highest BCUT2D eigenvalue weighted by molar-refractivity contribution is 5.99. The topological polar surface area (TPSA) is 130 Å². The molecule has 2 unspecified atom stereocenters. The van der Waals surface area contributed by atoms with E-state index in [0.717, 1.165) is 12.2 Å². The molecule has 3 atom stereocenters. The SMILES string of the molecule is O=C(N[C@@H](Cc1ccc(-c2cccc([N+](=O)[O-])c2)cc1)C(=O)O)C1=CC(c2ccccc2)C=CC1(O)C(F)(F)F. The number of benzene rings is 3. The van der Waals surface area contributed by atoms with Crippen LogP contribution in [0.2, 0.25) is 0 Å². The van der Waals surface area contributed by atoms with Gasteiger partial charge in [0.2, 0.25) is 5.60 Å². The first-order valence-corrected chi connectivity index (χ1v) is 12.0. The Kier molecular flexibility index (Phi) is 7.87. The van der Waals surface area contributed by atoms with Crippen molar-refractivity contribution < 1.29 is 37.9 Å².